The summed E-state index contributed by atoms with van der Waals surface area (Å²) in [7, 11) is 1.84. The monoisotopic (exact) mass is 281 g/mol. The Morgan fingerprint density at radius 1 is 1.37 bits per heavy atom. The summed E-state index contributed by atoms with van der Waals surface area (Å²) in [4.78, 5) is 11.1. The first-order valence-electron chi connectivity index (χ1n) is 6.38. The van der Waals surface area contributed by atoms with Gasteiger partial charge in [-0.25, -0.2) is 9.97 Å². The Hall–Kier alpha value is -1.24. The fourth-order valence-electron chi connectivity index (χ4n) is 2.38. The van der Waals surface area contributed by atoms with Gasteiger partial charge < -0.3 is 5.11 Å². The van der Waals surface area contributed by atoms with E-state index in [1.54, 1.807) is 10.9 Å². The molecule has 1 fully saturated rings. The van der Waals surface area contributed by atoms with Crippen molar-refractivity contribution in [1.82, 2.24) is 24.6 Å². The van der Waals surface area contributed by atoms with E-state index in [4.69, 9.17) is 11.6 Å². The van der Waals surface area contributed by atoms with E-state index in [9.17, 15) is 5.11 Å². The molecule has 1 N–H and O–H groups in total. The highest BCUT2D eigenvalue weighted by molar-refractivity contribution is 6.33. The zero-order chi connectivity index (χ0) is 13.4. The lowest BCUT2D eigenvalue weighted by Gasteiger charge is -2.28. The maximum absolute atomic E-state index is 9.50. The second-order valence-electron chi connectivity index (χ2n) is 4.94. The smallest absolute Gasteiger partial charge is 0.162 e. The van der Waals surface area contributed by atoms with Gasteiger partial charge in [0.2, 0.25) is 0 Å². The highest BCUT2D eigenvalue weighted by atomic mass is 35.5. The molecule has 0 aliphatic carbocycles. The number of rotatable bonds is 2. The summed E-state index contributed by atoms with van der Waals surface area (Å²) in [5.41, 5.74) is 0.757. The minimum Gasteiger partial charge on any atom is -0.393 e. The number of hydrogen-bond donors (Lipinski definition) is 1. The van der Waals surface area contributed by atoms with Crippen LogP contribution in [0.5, 0.6) is 0 Å². The number of aromatic nitrogens is 4. The molecule has 19 heavy (non-hydrogen) atoms. The molecule has 0 spiro atoms. The standard InChI is InChI=1S/C12H16ClN5O/c1-17-12-9(6-14-17)11(13)15-10(16-12)7-18-4-2-8(19)3-5-18/h6,8,19H,2-5,7H2,1H3. The van der Waals surface area contributed by atoms with Gasteiger partial charge in [0.15, 0.2) is 5.65 Å². The first kappa shape index (κ1) is 12.8. The van der Waals surface area contributed by atoms with Crippen LogP contribution in [-0.4, -0.2) is 48.9 Å². The summed E-state index contributed by atoms with van der Waals surface area (Å²) in [5, 5.41) is 14.9. The van der Waals surface area contributed by atoms with E-state index in [-0.39, 0.29) is 6.10 Å². The molecule has 0 saturated carbocycles. The number of hydrogen-bond acceptors (Lipinski definition) is 5. The summed E-state index contributed by atoms with van der Waals surface area (Å²) in [6, 6.07) is 0. The molecule has 0 aromatic carbocycles. The van der Waals surface area contributed by atoms with Crippen LogP contribution in [0.15, 0.2) is 6.20 Å². The largest absolute Gasteiger partial charge is 0.393 e. The normalized spacial score (nSPS) is 18.3. The Bertz CT molecular complexity index is 591. The van der Waals surface area contributed by atoms with Gasteiger partial charge in [0.1, 0.15) is 11.0 Å². The second kappa shape index (κ2) is 5.03. The van der Waals surface area contributed by atoms with E-state index in [0.29, 0.717) is 17.5 Å². The number of halogens is 1. The molecule has 0 radical (unpaired) electrons. The van der Waals surface area contributed by atoms with Gasteiger partial charge in [0, 0.05) is 20.1 Å². The fraction of sp³-hybridized carbons (Fsp3) is 0.583. The van der Waals surface area contributed by atoms with Crippen LogP contribution in [0.25, 0.3) is 11.0 Å². The molecule has 0 atom stereocenters. The Kier molecular flexibility index (Phi) is 3.38. The van der Waals surface area contributed by atoms with Crippen molar-refractivity contribution in [2.75, 3.05) is 13.1 Å². The minimum atomic E-state index is -0.166. The van der Waals surface area contributed by atoms with Gasteiger partial charge in [0.25, 0.3) is 0 Å². The Balaban J connectivity index is 1.83. The summed E-state index contributed by atoms with van der Waals surface area (Å²) in [5.74, 6) is 0.706. The Morgan fingerprint density at radius 3 is 2.84 bits per heavy atom. The van der Waals surface area contributed by atoms with Crippen molar-refractivity contribution in [1.29, 1.82) is 0 Å². The Morgan fingerprint density at radius 2 is 2.11 bits per heavy atom. The highest BCUT2D eigenvalue weighted by Gasteiger charge is 2.19. The number of piperidine rings is 1. The van der Waals surface area contributed by atoms with Gasteiger partial charge >= 0.3 is 0 Å². The number of nitrogens with zero attached hydrogens (tertiary/aromatic N) is 5. The molecule has 3 rings (SSSR count). The van der Waals surface area contributed by atoms with Crippen LogP contribution in [-0.2, 0) is 13.6 Å². The summed E-state index contributed by atoms with van der Waals surface area (Å²) >= 11 is 6.15. The van der Waals surface area contributed by atoms with Gasteiger partial charge in [-0.2, -0.15) is 5.10 Å². The molecule has 3 heterocycles. The average molecular weight is 282 g/mol. The van der Waals surface area contributed by atoms with Crippen molar-refractivity contribution in [2.45, 2.75) is 25.5 Å². The third-order valence-corrected chi connectivity index (χ3v) is 3.80. The number of aliphatic hydroxyl groups is 1. The van der Waals surface area contributed by atoms with Crippen LogP contribution >= 0.6 is 11.6 Å². The van der Waals surface area contributed by atoms with Crippen LogP contribution in [0.4, 0.5) is 0 Å². The van der Waals surface area contributed by atoms with Crippen LogP contribution in [0.1, 0.15) is 18.7 Å². The number of aryl methyl sites for hydroxylation is 1. The van der Waals surface area contributed by atoms with Crippen LogP contribution in [0.2, 0.25) is 5.15 Å². The van der Waals surface area contributed by atoms with E-state index in [1.807, 2.05) is 7.05 Å². The molecule has 7 heteroatoms. The first-order valence-corrected chi connectivity index (χ1v) is 6.76. The molecule has 0 amide bonds. The minimum absolute atomic E-state index is 0.166. The van der Waals surface area contributed by atoms with Crippen LogP contribution < -0.4 is 0 Å². The lowest BCUT2D eigenvalue weighted by molar-refractivity contribution is 0.0780. The molecule has 0 unspecified atom stereocenters. The first-order chi connectivity index (χ1) is 9.13. The molecule has 1 aliphatic heterocycles. The molecule has 102 valence electrons. The van der Waals surface area contributed by atoms with E-state index in [2.05, 4.69) is 20.0 Å². The molecular weight excluding hydrogens is 266 g/mol. The summed E-state index contributed by atoms with van der Waals surface area (Å²) in [6.07, 6.45) is 3.13. The SMILES string of the molecule is Cn1ncc2c(Cl)nc(CN3CCC(O)CC3)nc21. The van der Waals surface area contributed by atoms with Gasteiger partial charge in [-0.3, -0.25) is 9.58 Å². The van der Waals surface area contributed by atoms with Crippen molar-refractivity contribution in [3.63, 3.8) is 0 Å². The van der Waals surface area contributed by atoms with Crippen molar-refractivity contribution in [3.05, 3.63) is 17.2 Å². The molecule has 2 aromatic heterocycles. The molecule has 0 bridgehead atoms. The molecular formula is C12H16ClN5O. The van der Waals surface area contributed by atoms with Crippen LogP contribution in [0.3, 0.4) is 0 Å². The summed E-state index contributed by atoms with van der Waals surface area (Å²) in [6.45, 7) is 2.39. The van der Waals surface area contributed by atoms with E-state index in [1.165, 1.54) is 0 Å². The quantitative estimate of drug-likeness (QED) is 0.831. The highest BCUT2D eigenvalue weighted by Crippen LogP contribution is 2.20. The van der Waals surface area contributed by atoms with Crippen molar-refractivity contribution >= 4 is 22.6 Å². The van der Waals surface area contributed by atoms with Crippen molar-refractivity contribution < 1.29 is 5.11 Å². The van der Waals surface area contributed by atoms with Gasteiger partial charge in [0.05, 0.1) is 24.2 Å². The zero-order valence-corrected chi connectivity index (χ0v) is 11.5. The van der Waals surface area contributed by atoms with Gasteiger partial charge in [-0.1, -0.05) is 11.6 Å². The maximum atomic E-state index is 9.50. The average Bonchev–Trinajstić information content (AvgIpc) is 2.75. The fourth-order valence-corrected chi connectivity index (χ4v) is 2.61. The zero-order valence-electron chi connectivity index (χ0n) is 10.8. The predicted molar refractivity (Wildman–Crippen MR) is 71.8 cm³/mol. The molecule has 6 nitrogen and oxygen atoms in total. The second-order valence-corrected chi connectivity index (χ2v) is 5.30. The number of aliphatic hydroxyl groups excluding tert-OH is 1. The van der Waals surface area contributed by atoms with E-state index >= 15 is 0 Å². The van der Waals surface area contributed by atoms with E-state index in [0.717, 1.165) is 37.0 Å². The third-order valence-electron chi connectivity index (χ3n) is 3.51. The van der Waals surface area contributed by atoms with Crippen LogP contribution in [0, 0.1) is 0 Å². The third kappa shape index (κ3) is 2.56. The van der Waals surface area contributed by atoms with Gasteiger partial charge in [-0.15, -0.1) is 0 Å². The van der Waals surface area contributed by atoms with Crippen molar-refractivity contribution in [3.8, 4) is 0 Å². The number of likely N-dealkylation sites (tertiary alicyclic amines) is 1. The van der Waals surface area contributed by atoms with Crippen molar-refractivity contribution in [2.24, 2.45) is 7.05 Å². The molecule has 1 aliphatic rings. The number of fused-ring (bicyclic) bond motifs is 1. The Labute approximate surface area is 116 Å². The maximum Gasteiger partial charge on any atom is 0.162 e. The lowest BCUT2D eigenvalue weighted by atomic mass is 10.1. The molecule has 2 aromatic rings. The van der Waals surface area contributed by atoms with E-state index < -0.39 is 0 Å². The topological polar surface area (TPSA) is 67.1 Å². The predicted octanol–water partition coefficient (Wildman–Crippen LogP) is 0.973. The molecule has 1 saturated heterocycles. The van der Waals surface area contributed by atoms with Gasteiger partial charge in [-0.05, 0) is 12.8 Å². The lowest BCUT2D eigenvalue weighted by Crippen LogP contribution is -2.35. The summed E-state index contributed by atoms with van der Waals surface area (Å²) < 4.78 is 1.70.